The summed E-state index contributed by atoms with van der Waals surface area (Å²) in [7, 11) is -5.14. The highest BCUT2D eigenvalue weighted by atomic mass is 31.2. The van der Waals surface area contributed by atoms with Crippen molar-refractivity contribution in [1.29, 1.82) is 0 Å². The summed E-state index contributed by atoms with van der Waals surface area (Å²) in [6.07, 6.45) is 28.6. The van der Waals surface area contributed by atoms with Gasteiger partial charge in [-0.25, -0.2) is 4.57 Å². The zero-order chi connectivity index (χ0) is 45.9. The third-order valence-corrected chi connectivity index (χ3v) is 13.0. The summed E-state index contributed by atoms with van der Waals surface area (Å²) in [5.41, 5.74) is 0. The van der Waals surface area contributed by atoms with Crippen LogP contribution in [0.15, 0.2) is 24.3 Å². The van der Waals surface area contributed by atoms with Gasteiger partial charge in [-0.15, -0.1) is 0 Å². The number of nitrogens with one attached hydrogen (secondary N) is 1. The van der Waals surface area contributed by atoms with Gasteiger partial charge in [0.25, 0.3) is 0 Å². The Kier molecular flexibility index (Phi) is 36.0. The van der Waals surface area contributed by atoms with Crippen LogP contribution in [0.25, 0.3) is 0 Å². The molecule has 1 rings (SSSR count). The van der Waals surface area contributed by atoms with Gasteiger partial charge < -0.3 is 46.0 Å². The molecule has 0 heterocycles. The van der Waals surface area contributed by atoms with E-state index >= 15 is 0 Å². The number of hydrogen-bond acceptors (Lipinski definition) is 11. The van der Waals surface area contributed by atoms with E-state index < -0.39 is 75.2 Å². The van der Waals surface area contributed by atoms with Gasteiger partial charge in [0, 0.05) is 0 Å². The largest absolute Gasteiger partial charge is 0.472 e. The Morgan fingerprint density at radius 2 is 0.952 bits per heavy atom. The second-order valence-corrected chi connectivity index (χ2v) is 19.3. The Hall–Kier alpha value is -1.22. The van der Waals surface area contributed by atoms with Crippen molar-refractivity contribution < 1.29 is 59.0 Å². The van der Waals surface area contributed by atoms with Crippen LogP contribution in [0.4, 0.5) is 0 Å². The van der Waals surface area contributed by atoms with E-state index in [2.05, 4.69) is 31.3 Å². The van der Waals surface area contributed by atoms with Gasteiger partial charge in [0.15, 0.2) is 0 Å². The fraction of sp³-hybridized carbons (Fsp3) is 0.896. The third kappa shape index (κ3) is 29.3. The standard InChI is InChI=1S/C48H92NO12P/c1-3-5-7-9-11-13-15-16-17-18-19-20-21-22-23-24-26-27-29-31-33-35-39(50)37-42(52)49-40(41(51)36-34-32-30-28-25-14-12-10-8-6-4-2)38-60-62(58,59)61-48-46(56)44(54)43(53)45(55)47(48)57/h25,28,34,36,39-41,43-48,50-51,53-57H,3-24,26-27,29-33,35,37-38H2,1-2H3,(H,49,52)(H,58,59)/b28-25+,36-34+. The lowest BCUT2D eigenvalue weighted by Gasteiger charge is -2.41. The van der Waals surface area contributed by atoms with E-state index in [-0.39, 0.29) is 6.42 Å². The highest BCUT2D eigenvalue weighted by Crippen LogP contribution is 2.47. The summed E-state index contributed by atoms with van der Waals surface area (Å²) in [5.74, 6) is -0.601. The van der Waals surface area contributed by atoms with E-state index in [4.69, 9.17) is 9.05 Å². The molecule has 13 nitrogen and oxygen atoms in total. The summed E-state index contributed by atoms with van der Waals surface area (Å²) in [6, 6.07) is -1.25. The van der Waals surface area contributed by atoms with Gasteiger partial charge in [-0.2, -0.15) is 0 Å². The van der Waals surface area contributed by atoms with Crippen molar-refractivity contribution >= 4 is 13.7 Å². The Morgan fingerprint density at radius 1 is 0.565 bits per heavy atom. The summed E-state index contributed by atoms with van der Waals surface area (Å²) in [5, 5.41) is 74.4. The molecule has 0 spiro atoms. The van der Waals surface area contributed by atoms with E-state index in [1.54, 1.807) is 6.08 Å². The Bertz CT molecular complexity index is 1160. The first-order valence-electron chi connectivity index (χ1n) is 24.9. The molecule has 1 saturated carbocycles. The van der Waals surface area contributed by atoms with Crippen LogP contribution < -0.4 is 5.32 Å². The van der Waals surface area contributed by atoms with Gasteiger partial charge >= 0.3 is 7.82 Å². The van der Waals surface area contributed by atoms with Crippen LogP contribution in [0.5, 0.6) is 0 Å². The van der Waals surface area contributed by atoms with Crippen LogP contribution >= 0.6 is 7.82 Å². The number of phosphoric ester groups is 1. The molecule has 1 fully saturated rings. The second-order valence-electron chi connectivity index (χ2n) is 17.8. The molecule has 8 atom stereocenters. The quantitative estimate of drug-likeness (QED) is 0.0159. The Morgan fingerprint density at radius 3 is 1.42 bits per heavy atom. The number of unbranched alkanes of at least 4 members (excludes halogenated alkanes) is 26. The molecule has 0 aliphatic heterocycles. The normalized spacial score (nSPS) is 23.2. The van der Waals surface area contributed by atoms with E-state index in [1.807, 2.05) is 0 Å². The molecular weight excluding hydrogens is 813 g/mol. The van der Waals surface area contributed by atoms with E-state index in [0.29, 0.717) is 12.8 Å². The highest BCUT2D eigenvalue weighted by Gasteiger charge is 2.51. The molecule has 0 bridgehead atoms. The Balaban J connectivity index is 2.43. The molecule has 0 saturated heterocycles. The third-order valence-electron chi connectivity index (χ3n) is 12.0. The highest BCUT2D eigenvalue weighted by molar-refractivity contribution is 7.47. The van der Waals surface area contributed by atoms with Gasteiger partial charge in [-0.05, 0) is 32.1 Å². The van der Waals surface area contributed by atoms with Crippen LogP contribution in [-0.4, -0.2) is 108 Å². The van der Waals surface area contributed by atoms with Gasteiger partial charge in [0.1, 0.15) is 36.6 Å². The lowest BCUT2D eigenvalue weighted by atomic mass is 9.85. The van der Waals surface area contributed by atoms with E-state index in [0.717, 1.165) is 44.9 Å². The Labute approximate surface area is 375 Å². The molecule has 14 heteroatoms. The summed E-state index contributed by atoms with van der Waals surface area (Å²) in [4.78, 5) is 23.4. The number of aliphatic hydroxyl groups excluding tert-OH is 7. The van der Waals surface area contributed by atoms with Gasteiger partial charge in [0.2, 0.25) is 5.91 Å². The predicted octanol–water partition coefficient (Wildman–Crippen LogP) is 8.76. The minimum Gasteiger partial charge on any atom is -0.393 e. The first-order chi connectivity index (χ1) is 29.8. The van der Waals surface area contributed by atoms with Crippen LogP contribution in [-0.2, 0) is 18.4 Å². The molecule has 0 aromatic rings. The van der Waals surface area contributed by atoms with Crippen molar-refractivity contribution in [1.82, 2.24) is 5.32 Å². The maximum absolute atomic E-state index is 13.0. The summed E-state index contributed by atoms with van der Waals surface area (Å²) in [6.45, 7) is 3.71. The zero-order valence-electron chi connectivity index (χ0n) is 38.8. The molecular formula is C48H92NO12P. The van der Waals surface area contributed by atoms with Crippen LogP contribution in [0.3, 0.4) is 0 Å². The van der Waals surface area contributed by atoms with Crippen LogP contribution in [0.2, 0.25) is 0 Å². The molecule has 0 aromatic carbocycles. The fourth-order valence-electron chi connectivity index (χ4n) is 7.96. The minimum absolute atomic E-state index is 0.249. The van der Waals surface area contributed by atoms with E-state index in [9.17, 15) is 50.0 Å². The number of allylic oxidation sites excluding steroid dienone is 3. The molecule has 0 radical (unpaired) electrons. The van der Waals surface area contributed by atoms with E-state index in [1.165, 1.54) is 141 Å². The topological polar surface area (TPSA) is 226 Å². The maximum Gasteiger partial charge on any atom is 0.472 e. The number of amides is 1. The lowest BCUT2D eigenvalue weighted by molar-refractivity contribution is -0.220. The molecule has 62 heavy (non-hydrogen) atoms. The van der Waals surface area contributed by atoms with Crippen molar-refractivity contribution in [2.75, 3.05) is 6.61 Å². The molecule has 0 aromatic heterocycles. The molecule has 8 unspecified atom stereocenters. The van der Waals surface area contributed by atoms with Gasteiger partial charge in [-0.1, -0.05) is 199 Å². The van der Waals surface area contributed by atoms with Crippen LogP contribution in [0.1, 0.15) is 213 Å². The molecule has 366 valence electrons. The van der Waals surface area contributed by atoms with Crippen LogP contribution in [0, 0.1) is 0 Å². The SMILES string of the molecule is CCCCCCC/C=C/CC/C=C/C(O)C(COP(=O)(O)OC1C(O)C(O)C(O)C(O)C1O)NC(=O)CC(O)CCCCCCCCCCCCCCCCCCCCCCC. The van der Waals surface area contributed by atoms with Crippen molar-refractivity contribution in [2.45, 2.75) is 268 Å². The van der Waals surface area contributed by atoms with Crippen molar-refractivity contribution in [2.24, 2.45) is 0 Å². The van der Waals surface area contributed by atoms with Gasteiger partial charge in [0.05, 0.1) is 31.3 Å². The number of phosphoric acid groups is 1. The van der Waals surface area contributed by atoms with Crippen molar-refractivity contribution in [3.8, 4) is 0 Å². The number of carbonyl (C=O) groups excluding carboxylic acids is 1. The fourth-order valence-corrected chi connectivity index (χ4v) is 8.93. The van der Waals surface area contributed by atoms with Crippen molar-refractivity contribution in [3.63, 3.8) is 0 Å². The molecule has 1 aliphatic carbocycles. The lowest BCUT2D eigenvalue weighted by Crippen LogP contribution is -2.64. The molecule has 1 aliphatic rings. The number of carbonyl (C=O) groups is 1. The van der Waals surface area contributed by atoms with Crippen molar-refractivity contribution in [3.05, 3.63) is 24.3 Å². The minimum atomic E-state index is -5.14. The monoisotopic (exact) mass is 906 g/mol. The number of aliphatic hydroxyl groups is 7. The maximum atomic E-state index is 13.0. The summed E-state index contributed by atoms with van der Waals surface area (Å²) < 4.78 is 22.8. The molecule has 9 N–H and O–H groups in total. The summed E-state index contributed by atoms with van der Waals surface area (Å²) >= 11 is 0. The average Bonchev–Trinajstić information content (AvgIpc) is 3.24. The smallest absolute Gasteiger partial charge is 0.393 e. The zero-order valence-corrected chi connectivity index (χ0v) is 39.7. The van der Waals surface area contributed by atoms with Gasteiger partial charge in [-0.3, -0.25) is 13.8 Å². The predicted molar refractivity (Wildman–Crippen MR) is 247 cm³/mol. The average molecular weight is 906 g/mol. The first kappa shape index (κ1) is 58.8. The number of hydrogen-bond donors (Lipinski definition) is 9. The number of rotatable bonds is 41. The first-order valence-corrected chi connectivity index (χ1v) is 26.4. The molecule has 1 amide bonds. The second kappa shape index (κ2) is 37.9.